The van der Waals surface area contributed by atoms with Gasteiger partial charge in [0.25, 0.3) is 0 Å². The third kappa shape index (κ3) is 7.63. The number of carbonyl (C=O) groups excluding carboxylic acids is 2. The van der Waals surface area contributed by atoms with E-state index in [1.54, 1.807) is 43.9 Å². The van der Waals surface area contributed by atoms with Gasteiger partial charge in [-0.15, -0.1) is 13.2 Å². The summed E-state index contributed by atoms with van der Waals surface area (Å²) in [7, 11) is 0. The summed E-state index contributed by atoms with van der Waals surface area (Å²) in [6, 6.07) is 11.3. The molecule has 2 heterocycles. The van der Waals surface area contributed by atoms with E-state index in [9.17, 15) is 27.2 Å². The maximum atomic E-state index is 13.9. The van der Waals surface area contributed by atoms with E-state index in [4.69, 9.17) is 9.26 Å². The lowest BCUT2D eigenvalue weighted by Crippen LogP contribution is -2.48. The minimum atomic E-state index is -4.82. The Bertz CT molecular complexity index is 1460. The van der Waals surface area contributed by atoms with Crippen molar-refractivity contribution in [2.75, 3.05) is 19.6 Å². The van der Waals surface area contributed by atoms with Crippen LogP contribution in [0.1, 0.15) is 63.3 Å². The highest BCUT2D eigenvalue weighted by atomic mass is 19.4. The van der Waals surface area contributed by atoms with Gasteiger partial charge < -0.3 is 24.2 Å². The van der Waals surface area contributed by atoms with Crippen LogP contribution in [-0.2, 0) is 9.53 Å². The minimum absolute atomic E-state index is 0.111. The Morgan fingerprint density at radius 3 is 2.40 bits per heavy atom. The average Bonchev–Trinajstić information content (AvgIpc) is 3.56. The van der Waals surface area contributed by atoms with Gasteiger partial charge in [-0.2, -0.15) is 4.98 Å². The molecule has 9 nitrogen and oxygen atoms in total. The third-order valence-electron chi connectivity index (χ3n) is 7.47. The normalized spacial score (nSPS) is 19.9. The van der Waals surface area contributed by atoms with E-state index >= 15 is 0 Å². The number of carbonyl (C=O) groups is 2. The standard InChI is InChI=1S/C30H32F4N4O5/c1-28(2,3)42-27(40)35-17-29(11-12-29)26(39)38-15-20(18-7-9-23(10-8-18)41-30(32,33)34)13-21(16-38)25-36-24(37-43-25)19-5-4-6-22(31)14-19/h4-10,14,20-21H,11-13,15-17H2,1-3H3,(H,35,40). The van der Waals surface area contributed by atoms with Crippen molar-refractivity contribution < 1.29 is 41.1 Å². The summed E-state index contributed by atoms with van der Waals surface area (Å²) in [6.45, 7) is 5.91. The summed E-state index contributed by atoms with van der Waals surface area (Å²) in [5.74, 6) is -1.18. The number of rotatable bonds is 7. The van der Waals surface area contributed by atoms with Crippen LogP contribution in [-0.4, -0.2) is 58.6 Å². The van der Waals surface area contributed by atoms with E-state index in [1.165, 1.54) is 30.3 Å². The molecule has 1 saturated heterocycles. The zero-order chi connectivity index (χ0) is 31.0. The van der Waals surface area contributed by atoms with Crippen LogP contribution < -0.4 is 10.1 Å². The maximum Gasteiger partial charge on any atom is 0.573 e. The number of aromatic nitrogens is 2. The zero-order valence-corrected chi connectivity index (χ0v) is 23.9. The van der Waals surface area contributed by atoms with E-state index in [-0.39, 0.29) is 42.4 Å². The second-order valence-corrected chi connectivity index (χ2v) is 12.1. The summed E-state index contributed by atoms with van der Waals surface area (Å²) >= 11 is 0. The highest BCUT2D eigenvalue weighted by Gasteiger charge is 2.53. The van der Waals surface area contributed by atoms with Crippen LogP contribution in [0.2, 0.25) is 0 Å². The molecule has 2 amide bonds. The van der Waals surface area contributed by atoms with E-state index in [2.05, 4.69) is 20.2 Å². The van der Waals surface area contributed by atoms with Crippen LogP contribution in [0.5, 0.6) is 5.75 Å². The van der Waals surface area contributed by atoms with E-state index in [0.29, 0.717) is 36.9 Å². The summed E-state index contributed by atoms with van der Waals surface area (Å²) < 4.78 is 66.7. The van der Waals surface area contributed by atoms with Crippen LogP contribution in [0.4, 0.5) is 22.4 Å². The fourth-order valence-electron chi connectivity index (χ4n) is 5.28. The molecule has 230 valence electrons. The Morgan fingerprint density at radius 2 is 1.77 bits per heavy atom. The van der Waals surface area contributed by atoms with Gasteiger partial charge in [-0.25, -0.2) is 9.18 Å². The summed E-state index contributed by atoms with van der Waals surface area (Å²) in [4.78, 5) is 32.3. The number of alkyl halides is 3. The SMILES string of the molecule is CC(C)(C)OC(=O)NCC1(C(=O)N2CC(c3ccc(OC(F)(F)F)cc3)CC(c3nc(-c4cccc(F)c4)no3)C2)CC1. The molecule has 2 atom stereocenters. The fourth-order valence-corrected chi connectivity index (χ4v) is 5.28. The van der Waals surface area contributed by atoms with Gasteiger partial charge in [0, 0.05) is 31.1 Å². The van der Waals surface area contributed by atoms with Crippen LogP contribution >= 0.6 is 0 Å². The van der Waals surface area contributed by atoms with E-state index < -0.39 is 35.2 Å². The molecule has 2 aromatic carbocycles. The van der Waals surface area contributed by atoms with Crippen LogP contribution in [0.25, 0.3) is 11.4 Å². The van der Waals surface area contributed by atoms with Gasteiger partial charge in [-0.05, 0) is 69.9 Å². The van der Waals surface area contributed by atoms with Crippen molar-refractivity contribution in [3.05, 3.63) is 65.8 Å². The molecule has 1 N–H and O–H groups in total. The van der Waals surface area contributed by atoms with Gasteiger partial charge >= 0.3 is 12.5 Å². The van der Waals surface area contributed by atoms with Gasteiger partial charge in [-0.1, -0.05) is 29.4 Å². The van der Waals surface area contributed by atoms with Crippen LogP contribution in [0.3, 0.4) is 0 Å². The third-order valence-corrected chi connectivity index (χ3v) is 7.47. The molecule has 5 rings (SSSR count). The second-order valence-electron chi connectivity index (χ2n) is 12.1. The molecule has 1 saturated carbocycles. The molecule has 2 fully saturated rings. The van der Waals surface area contributed by atoms with Crippen molar-refractivity contribution in [1.29, 1.82) is 0 Å². The second kappa shape index (κ2) is 11.5. The number of ether oxygens (including phenoxy) is 2. The van der Waals surface area contributed by atoms with E-state index in [0.717, 1.165) is 0 Å². The molecule has 2 aliphatic rings. The Labute approximate surface area is 245 Å². The summed E-state index contributed by atoms with van der Waals surface area (Å²) in [6.07, 6.45) is -3.79. The van der Waals surface area contributed by atoms with Crippen LogP contribution in [0, 0.1) is 11.2 Å². The Hall–Kier alpha value is -4.16. The lowest BCUT2D eigenvalue weighted by atomic mass is 9.83. The molecule has 1 aliphatic heterocycles. The molecule has 2 unspecified atom stereocenters. The predicted octanol–water partition coefficient (Wildman–Crippen LogP) is 6.18. The van der Waals surface area contributed by atoms with Crippen molar-refractivity contribution in [1.82, 2.24) is 20.4 Å². The molecule has 1 aliphatic carbocycles. The number of likely N-dealkylation sites (tertiary alicyclic amines) is 1. The smallest absolute Gasteiger partial charge is 0.444 e. The molecule has 13 heteroatoms. The molecular formula is C30H32F4N4O5. The predicted molar refractivity (Wildman–Crippen MR) is 145 cm³/mol. The van der Waals surface area contributed by atoms with Gasteiger partial charge in [0.05, 0.1) is 11.3 Å². The van der Waals surface area contributed by atoms with Gasteiger partial charge in [-0.3, -0.25) is 4.79 Å². The Morgan fingerprint density at radius 1 is 1.07 bits per heavy atom. The first-order chi connectivity index (χ1) is 20.2. The molecule has 0 radical (unpaired) electrons. The summed E-state index contributed by atoms with van der Waals surface area (Å²) in [5, 5.41) is 6.73. The first-order valence-electron chi connectivity index (χ1n) is 13.9. The zero-order valence-electron chi connectivity index (χ0n) is 23.9. The Kier molecular flexibility index (Phi) is 8.10. The number of amides is 2. The monoisotopic (exact) mass is 604 g/mol. The number of nitrogens with zero attached hydrogens (tertiary/aromatic N) is 3. The van der Waals surface area contributed by atoms with Crippen molar-refractivity contribution in [2.45, 2.75) is 63.8 Å². The minimum Gasteiger partial charge on any atom is -0.444 e. The number of nitrogens with one attached hydrogen (secondary N) is 1. The van der Waals surface area contributed by atoms with Crippen LogP contribution in [0.15, 0.2) is 53.1 Å². The van der Waals surface area contributed by atoms with E-state index in [1.807, 2.05) is 0 Å². The van der Waals surface area contributed by atoms with Crippen molar-refractivity contribution in [3.63, 3.8) is 0 Å². The molecule has 3 aromatic rings. The number of hydrogen-bond donors (Lipinski definition) is 1. The number of halogens is 4. The number of alkyl carbamates (subject to hydrolysis) is 1. The number of benzene rings is 2. The average molecular weight is 605 g/mol. The molecular weight excluding hydrogens is 572 g/mol. The lowest BCUT2D eigenvalue weighted by molar-refractivity contribution is -0.274. The number of hydrogen-bond acceptors (Lipinski definition) is 7. The van der Waals surface area contributed by atoms with Gasteiger partial charge in [0.2, 0.25) is 17.6 Å². The van der Waals surface area contributed by atoms with Crippen molar-refractivity contribution in [3.8, 4) is 17.1 Å². The Balaban J connectivity index is 1.37. The van der Waals surface area contributed by atoms with Crippen molar-refractivity contribution in [2.24, 2.45) is 5.41 Å². The molecule has 43 heavy (non-hydrogen) atoms. The number of piperidine rings is 1. The largest absolute Gasteiger partial charge is 0.573 e. The quantitative estimate of drug-likeness (QED) is 0.321. The first kappa shape index (κ1) is 30.3. The van der Waals surface area contributed by atoms with Crippen molar-refractivity contribution >= 4 is 12.0 Å². The van der Waals surface area contributed by atoms with Gasteiger partial charge in [0.15, 0.2) is 0 Å². The maximum absolute atomic E-state index is 13.9. The van der Waals surface area contributed by atoms with Gasteiger partial charge in [0.1, 0.15) is 17.2 Å². The topological polar surface area (TPSA) is 107 Å². The fraction of sp³-hybridized carbons (Fsp3) is 0.467. The molecule has 0 spiro atoms. The molecule has 1 aromatic heterocycles. The lowest BCUT2D eigenvalue weighted by Gasteiger charge is -2.38. The summed E-state index contributed by atoms with van der Waals surface area (Å²) in [5.41, 5.74) is -0.331. The first-order valence-corrected chi connectivity index (χ1v) is 13.9. The molecule has 0 bridgehead atoms. The highest BCUT2D eigenvalue weighted by Crippen LogP contribution is 2.48. The highest BCUT2D eigenvalue weighted by molar-refractivity contribution is 5.86.